The van der Waals surface area contributed by atoms with Crippen LogP contribution in [-0.2, 0) is 6.54 Å². The third-order valence-corrected chi connectivity index (χ3v) is 4.79. The molecular formula is C14H14BrFN2S. The number of hydrogen-bond donors (Lipinski definition) is 1. The highest BCUT2D eigenvalue weighted by Gasteiger charge is 2.29. The summed E-state index contributed by atoms with van der Waals surface area (Å²) in [5.74, 6) is 0.374. The zero-order chi connectivity index (χ0) is 13.4. The van der Waals surface area contributed by atoms with E-state index >= 15 is 0 Å². The standard InChI is InChI=1S/C14H14BrFN2S/c1-17-7-12-13(8-2-3-8)18-14(19-12)10-6-9(15)4-5-11(10)16/h4-6,8,17H,2-3,7H2,1H3. The van der Waals surface area contributed by atoms with Gasteiger partial charge in [-0.25, -0.2) is 9.37 Å². The minimum Gasteiger partial charge on any atom is -0.315 e. The Kier molecular flexibility index (Phi) is 3.69. The van der Waals surface area contributed by atoms with Gasteiger partial charge in [0.25, 0.3) is 0 Å². The highest BCUT2D eigenvalue weighted by molar-refractivity contribution is 9.10. The van der Waals surface area contributed by atoms with Gasteiger partial charge in [-0.1, -0.05) is 15.9 Å². The smallest absolute Gasteiger partial charge is 0.133 e. The van der Waals surface area contributed by atoms with Crippen LogP contribution < -0.4 is 5.32 Å². The van der Waals surface area contributed by atoms with Gasteiger partial charge in [0, 0.05) is 27.4 Å². The van der Waals surface area contributed by atoms with Crippen LogP contribution in [0.2, 0.25) is 0 Å². The molecule has 0 atom stereocenters. The molecule has 0 amide bonds. The summed E-state index contributed by atoms with van der Waals surface area (Å²) in [5, 5.41) is 3.95. The normalized spacial score (nSPS) is 14.9. The van der Waals surface area contributed by atoms with E-state index in [4.69, 9.17) is 0 Å². The number of benzene rings is 1. The largest absolute Gasteiger partial charge is 0.315 e. The zero-order valence-electron chi connectivity index (χ0n) is 10.5. The summed E-state index contributed by atoms with van der Waals surface area (Å²) >= 11 is 4.98. The highest BCUT2D eigenvalue weighted by Crippen LogP contribution is 2.44. The topological polar surface area (TPSA) is 24.9 Å². The number of nitrogens with one attached hydrogen (secondary N) is 1. The van der Waals surface area contributed by atoms with Crippen molar-refractivity contribution < 1.29 is 4.39 Å². The summed E-state index contributed by atoms with van der Waals surface area (Å²) in [5.41, 5.74) is 1.75. The first kappa shape index (κ1) is 13.2. The average Bonchev–Trinajstić information content (AvgIpc) is 3.15. The summed E-state index contributed by atoms with van der Waals surface area (Å²) in [7, 11) is 1.93. The molecule has 0 unspecified atom stereocenters. The van der Waals surface area contributed by atoms with Crippen molar-refractivity contribution in [2.45, 2.75) is 25.3 Å². The fraction of sp³-hybridized carbons (Fsp3) is 0.357. The predicted molar refractivity (Wildman–Crippen MR) is 79.9 cm³/mol. The second-order valence-electron chi connectivity index (χ2n) is 4.76. The molecule has 0 aliphatic heterocycles. The van der Waals surface area contributed by atoms with Crippen molar-refractivity contribution in [3.05, 3.63) is 39.1 Å². The molecule has 1 N–H and O–H groups in total. The number of hydrogen-bond acceptors (Lipinski definition) is 3. The molecular weight excluding hydrogens is 327 g/mol. The van der Waals surface area contributed by atoms with E-state index < -0.39 is 0 Å². The minimum atomic E-state index is -0.213. The lowest BCUT2D eigenvalue weighted by molar-refractivity contribution is 0.631. The minimum absolute atomic E-state index is 0.213. The molecule has 100 valence electrons. The van der Waals surface area contributed by atoms with E-state index in [-0.39, 0.29) is 5.82 Å². The van der Waals surface area contributed by atoms with Gasteiger partial charge in [0.1, 0.15) is 10.8 Å². The second-order valence-corrected chi connectivity index (χ2v) is 6.76. The van der Waals surface area contributed by atoms with Gasteiger partial charge in [-0.3, -0.25) is 0 Å². The van der Waals surface area contributed by atoms with Crippen LogP contribution in [0.15, 0.2) is 22.7 Å². The summed E-state index contributed by atoms with van der Waals surface area (Å²) in [4.78, 5) is 5.92. The van der Waals surface area contributed by atoms with Gasteiger partial charge in [-0.05, 0) is 38.1 Å². The molecule has 1 aromatic carbocycles. The van der Waals surface area contributed by atoms with Crippen molar-refractivity contribution in [2.24, 2.45) is 0 Å². The van der Waals surface area contributed by atoms with Crippen LogP contribution in [0.4, 0.5) is 4.39 Å². The van der Waals surface area contributed by atoms with Gasteiger partial charge < -0.3 is 5.32 Å². The van der Waals surface area contributed by atoms with E-state index in [1.807, 2.05) is 7.05 Å². The van der Waals surface area contributed by atoms with Crippen LogP contribution in [0.1, 0.15) is 29.3 Å². The molecule has 19 heavy (non-hydrogen) atoms. The Morgan fingerprint density at radius 3 is 2.95 bits per heavy atom. The summed E-state index contributed by atoms with van der Waals surface area (Å²) in [6, 6.07) is 4.99. The molecule has 1 fully saturated rings. The van der Waals surface area contributed by atoms with E-state index in [0.717, 1.165) is 21.7 Å². The number of aromatic nitrogens is 1. The maximum absolute atomic E-state index is 13.9. The molecule has 0 bridgehead atoms. The average molecular weight is 341 g/mol. The van der Waals surface area contributed by atoms with Crippen molar-refractivity contribution in [1.82, 2.24) is 10.3 Å². The van der Waals surface area contributed by atoms with E-state index in [2.05, 4.69) is 26.2 Å². The molecule has 0 radical (unpaired) electrons. The lowest BCUT2D eigenvalue weighted by Gasteiger charge is -1.99. The van der Waals surface area contributed by atoms with Crippen LogP contribution in [-0.4, -0.2) is 12.0 Å². The first-order valence-corrected chi connectivity index (χ1v) is 7.89. The maximum atomic E-state index is 13.9. The molecule has 1 heterocycles. The third-order valence-electron chi connectivity index (χ3n) is 3.19. The number of halogens is 2. The molecule has 2 nitrogen and oxygen atoms in total. The molecule has 1 aromatic heterocycles. The Hall–Kier alpha value is -0.780. The van der Waals surface area contributed by atoms with Gasteiger partial charge in [-0.2, -0.15) is 0 Å². The molecule has 2 aromatic rings. The Morgan fingerprint density at radius 2 is 2.26 bits per heavy atom. The van der Waals surface area contributed by atoms with Gasteiger partial charge in [-0.15, -0.1) is 11.3 Å². The molecule has 1 aliphatic carbocycles. The summed E-state index contributed by atoms with van der Waals surface area (Å²) in [6.45, 7) is 0.805. The fourth-order valence-electron chi connectivity index (χ4n) is 2.10. The van der Waals surface area contributed by atoms with Gasteiger partial charge in [0.15, 0.2) is 0 Å². The van der Waals surface area contributed by atoms with Crippen LogP contribution in [0.25, 0.3) is 10.6 Å². The Labute approximate surface area is 124 Å². The number of rotatable bonds is 4. The highest BCUT2D eigenvalue weighted by atomic mass is 79.9. The second kappa shape index (κ2) is 5.31. The van der Waals surface area contributed by atoms with Gasteiger partial charge in [0.2, 0.25) is 0 Å². The van der Waals surface area contributed by atoms with E-state index in [1.54, 1.807) is 23.5 Å². The molecule has 1 saturated carbocycles. The summed E-state index contributed by atoms with van der Waals surface area (Å²) in [6.07, 6.45) is 2.42. The number of nitrogens with zero attached hydrogens (tertiary/aromatic N) is 1. The van der Waals surface area contributed by atoms with Gasteiger partial charge in [0.05, 0.1) is 5.69 Å². The lowest BCUT2D eigenvalue weighted by Crippen LogP contribution is -2.05. The van der Waals surface area contributed by atoms with Crippen LogP contribution in [0.5, 0.6) is 0 Å². The lowest BCUT2D eigenvalue weighted by atomic mass is 10.2. The van der Waals surface area contributed by atoms with Crippen molar-refractivity contribution in [3.63, 3.8) is 0 Å². The van der Waals surface area contributed by atoms with Crippen molar-refractivity contribution in [1.29, 1.82) is 0 Å². The molecule has 5 heteroatoms. The van der Waals surface area contributed by atoms with Crippen LogP contribution >= 0.6 is 27.3 Å². The van der Waals surface area contributed by atoms with E-state index in [9.17, 15) is 4.39 Å². The Bertz CT molecular complexity index is 607. The van der Waals surface area contributed by atoms with Gasteiger partial charge >= 0.3 is 0 Å². The van der Waals surface area contributed by atoms with E-state index in [1.165, 1.54) is 23.8 Å². The first-order valence-electron chi connectivity index (χ1n) is 6.28. The molecule has 1 aliphatic rings. The predicted octanol–water partition coefficient (Wildman–Crippen LogP) is 4.31. The van der Waals surface area contributed by atoms with Crippen LogP contribution in [0, 0.1) is 5.82 Å². The summed E-state index contributed by atoms with van der Waals surface area (Å²) < 4.78 is 14.8. The molecule has 0 spiro atoms. The van der Waals surface area contributed by atoms with Crippen molar-refractivity contribution >= 4 is 27.3 Å². The van der Waals surface area contributed by atoms with Crippen LogP contribution in [0.3, 0.4) is 0 Å². The Morgan fingerprint density at radius 1 is 1.47 bits per heavy atom. The third kappa shape index (κ3) is 2.73. The Balaban J connectivity index is 2.04. The zero-order valence-corrected chi connectivity index (χ0v) is 12.9. The van der Waals surface area contributed by atoms with E-state index in [0.29, 0.717) is 11.5 Å². The van der Waals surface area contributed by atoms with Crippen molar-refractivity contribution in [2.75, 3.05) is 7.05 Å². The van der Waals surface area contributed by atoms with Crippen molar-refractivity contribution in [3.8, 4) is 10.6 Å². The SMILES string of the molecule is CNCc1sc(-c2cc(Br)ccc2F)nc1C1CC1. The quantitative estimate of drug-likeness (QED) is 0.896. The molecule has 0 saturated heterocycles. The monoisotopic (exact) mass is 340 g/mol. The number of thiazole rings is 1. The maximum Gasteiger partial charge on any atom is 0.133 e. The first-order chi connectivity index (χ1) is 9.19. The fourth-order valence-corrected chi connectivity index (χ4v) is 3.64. The molecule has 3 rings (SSSR count).